The van der Waals surface area contributed by atoms with Crippen molar-refractivity contribution in [2.24, 2.45) is 0 Å². The third-order valence-corrected chi connectivity index (χ3v) is 2.31. The molecule has 0 aliphatic rings. The molecule has 0 amide bonds. The van der Waals surface area contributed by atoms with Crippen LogP contribution in [0.4, 0.5) is 8.78 Å². The first-order valence-electron chi connectivity index (χ1n) is 4.94. The maximum atomic E-state index is 12.3. The van der Waals surface area contributed by atoms with Crippen molar-refractivity contribution in [2.75, 3.05) is 0 Å². The van der Waals surface area contributed by atoms with Crippen molar-refractivity contribution < 1.29 is 8.78 Å². The number of benzene rings is 2. The Kier molecular flexibility index (Phi) is 3.10. The normalized spacial score (nSPS) is 9.88. The molecule has 0 spiro atoms. The highest BCUT2D eigenvalue weighted by atomic mass is 19.3. The van der Waals surface area contributed by atoms with E-state index in [-0.39, 0.29) is 0 Å². The van der Waals surface area contributed by atoms with E-state index in [1.807, 2.05) is 42.5 Å². The molecule has 0 fully saturated rings. The summed E-state index contributed by atoms with van der Waals surface area (Å²) in [7, 11) is 0. The first-order chi connectivity index (χ1) is 7.77. The van der Waals surface area contributed by atoms with Gasteiger partial charge in [-0.15, -0.1) is 0 Å². The van der Waals surface area contributed by atoms with Gasteiger partial charge in [0.1, 0.15) is 0 Å². The molecule has 0 aromatic heterocycles. The summed E-state index contributed by atoms with van der Waals surface area (Å²) >= 11 is 0. The van der Waals surface area contributed by atoms with Crippen molar-refractivity contribution in [1.82, 2.24) is 0 Å². The number of hydrogen-bond donors (Lipinski definition) is 0. The zero-order valence-electron chi connectivity index (χ0n) is 8.53. The molecule has 0 aliphatic carbocycles. The van der Waals surface area contributed by atoms with Gasteiger partial charge in [-0.2, -0.15) is 8.78 Å². The van der Waals surface area contributed by atoms with Gasteiger partial charge < -0.3 is 0 Å². The first kappa shape index (κ1) is 10.6. The average molecular weight is 216 g/mol. The summed E-state index contributed by atoms with van der Waals surface area (Å²) in [6.07, 6.45) is -0.786. The maximum absolute atomic E-state index is 12.3. The Bertz CT molecular complexity index is 497. The van der Waals surface area contributed by atoms with Crippen LogP contribution in [0.25, 0.3) is 17.2 Å². The smallest absolute Gasteiger partial charge is 0.173 e. The fraction of sp³-hybridized carbons (Fsp3) is 0. The predicted molar refractivity (Wildman–Crippen MR) is 62.1 cm³/mol. The Hall–Kier alpha value is -1.96. The van der Waals surface area contributed by atoms with Gasteiger partial charge in [-0.3, -0.25) is 0 Å². The van der Waals surface area contributed by atoms with Crippen LogP contribution in [0, 0.1) is 0 Å². The second kappa shape index (κ2) is 4.71. The topological polar surface area (TPSA) is 0 Å². The molecule has 0 N–H and O–H groups in total. The molecule has 0 atom stereocenters. The third-order valence-electron chi connectivity index (χ3n) is 2.31. The summed E-state index contributed by atoms with van der Waals surface area (Å²) < 4.78 is 24.6. The van der Waals surface area contributed by atoms with Gasteiger partial charge in [-0.25, -0.2) is 0 Å². The molecule has 0 bridgehead atoms. The molecule has 2 aromatic carbocycles. The summed E-state index contributed by atoms with van der Waals surface area (Å²) in [5.41, 5.74) is 2.29. The molecule has 0 nitrogen and oxygen atoms in total. The third kappa shape index (κ3) is 2.34. The fourth-order valence-corrected chi connectivity index (χ4v) is 1.62. The van der Waals surface area contributed by atoms with Crippen molar-refractivity contribution in [3.05, 3.63) is 66.2 Å². The highest BCUT2D eigenvalue weighted by molar-refractivity contribution is 5.75. The first-order valence-corrected chi connectivity index (χ1v) is 4.94. The zero-order chi connectivity index (χ0) is 11.4. The summed E-state index contributed by atoms with van der Waals surface area (Å²) in [5.74, 6) is 0. The second-order valence-corrected chi connectivity index (χ2v) is 3.39. The lowest BCUT2D eigenvalue weighted by Gasteiger charge is -2.05. The van der Waals surface area contributed by atoms with Crippen molar-refractivity contribution in [3.8, 4) is 11.1 Å². The quantitative estimate of drug-likeness (QED) is 0.688. The van der Waals surface area contributed by atoms with Gasteiger partial charge in [-0.05, 0) is 16.7 Å². The molecule has 80 valence electrons. The number of hydrogen-bond acceptors (Lipinski definition) is 0. The van der Waals surface area contributed by atoms with Crippen LogP contribution in [-0.2, 0) is 0 Å². The van der Waals surface area contributed by atoms with Crippen LogP contribution >= 0.6 is 0 Å². The van der Waals surface area contributed by atoms with E-state index in [1.165, 1.54) is 0 Å². The summed E-state index contributed by atoms with van der Waals surface area (Å²) in [6, 6.07) is 16.6. The second-order valence-electron chi connectivity index (χ2n) is 3.39. The van der Waals surface area contributed by atoms with Gasteiger partial charge in [0.05, 0.1) is 0 Å². The highest BCUT2D eigenvalue weighted by Crippen LogP contribution is 2.25. The van der Waals surface area contributed by atoms with E-state index >= 15 is 0 Å². The van der Waals surface area contributed by atoms with Crippen LogP contribution in [0.3, 0.4) is 0 Å². The van der Waals surface area contributed by atoms with Crippen molar-refractivity contribution in [3.63, 3.8) is 0 Å². The van der Waals surface area contributed by atoms with Crippen LogP contribution in [0.1, 0.15) is 5.56 Å². The summed E-state index contributed by atoms with van der Waals surface area (Å²) in [6.45, 7) is 0. The lowest BCUT2D eigenvalue weighted by molar-refractivity contribution is 0.429. The number of rotatable bonds is 2. The van der Waals surface area contributed by atoms with Gasteiger partial charge in [-0.1, -0.05) is 54.6 Å². The van der Waals surface area contributed by atoms with Crippen molar-refractivity contribution >= 4 is 6.08 Å². The standard InChI is InChI=1S/C14H10F2/c15-14(16)10-12-8-4-5-9-13(12)11-6-2-1-3-7-11/h1-10H. The number of halogens is 2. The minimum atomic E-state index is -1.68. The Morgan fingerprint density at radius 3 is 2.12 bits per heavy atom. The molecule has 2 aromatic rings. The molecule has 0 heterocycles. The van der Waals surface area contributed by atoms with Gasteiger partial charge in [0.15, 0.2) is 0 Å². The lowest BCUT2D eigenvalue weighted by Crippen LogP contribution is -1.82. The van der Waals surface area contributed by atoms with Crippen LogP contribution in [0.15, 0.2) is 60.7 Å². The van der Waals surface area contributed by atoms with Crippen molar-refractivity contribution in [2.45, 2.75) is 0 Å². The molecule has 2 rings (SSSR count). The Balaban J connectivity index is 2.53. The lowest BCUT2D eigenvalue weighted by atomic mass is 10.00. The van der Waals surface area contributed by atoms with E-state index in [2.05, 4.69) is 0 Å². The highest BCUT2D eigenvalue weighted by Gasteiger charge is 2.02. The van der Waals surface area contributed by atoms with Crippen molar-refractivity contribution in [1.29, 1.82) is 0 Å². The van der Waals surface area contributed by atoms with Crippen LogP contribution in [0.2, 0.25) is 0 Å². The fourth-order valence-electron chi connectivity index (χ4n) is 1.62. The molecule has 16 heavy (non-hydrogen) atoms. The van der Waals surface area contributed by atoms with Gasteiger partial charge >= 0.3 is 0 Å². The van der Waals surface area contributed by atoms with E-state index in [9.17, 15) is 8.78 Å². The molecule has 0 saturated carbocycles. The molecule has 0 unspecified atom stereocenters. The van der Waals surface area contributed by atoms with E-state index in [1.54, 1.807) is 12.1 Å². The molecule has 2 heteroatoms. The molecule has 0 aliphatic heterocycles. The Labute approximate surface area is 92.9 Å². The van der Waals surface area contributed by atoms with E-state index in [0.717, 1.165) is 17.2 Å². The maximum Gasteiger partial charge on any atom is 0.270 e. The molecular formula is C14H10F2. The Morgan fingerprint density at radius 1 is 0.812 bits per heavy atom. The van der Waals surface area contributed by atoms with E-state index < -0.39 is 6.08 Å². The average Bonchev–Trinajstić information content (AvgIpc) is 2.30. The SMILES string of the molecule is FC(F)=Cc1ccccc1-c1ccccc1. The van der Waals surface area contributed by atoms with Crippen LogP contribution < -0.4 is 0 Å². The minimum absolute atomic E-state index is 0.536. The van der Waals surface area contributed by atoms with Crippen LogP contribution in [-0.4, -0.2) is 0 Å². The Morgan fingerprint density at radius 2 is 1.44 bits per heavy atom. The van der Waals surface area contributed by atoms with Crippen LogP contribution in [0.5, 0.6) is 0 Å². The van der Waals surface area contributed by atoms with E-state index in [4.69, 9.17) is 0 Å². The van der Waals surface area contributed by atoms with Gasteiger partial charge in [0.2, 0.25) is 0 Å². The minimum Gasteiger partial charge on any atom is -0.173 e. The van der Waals surface area contributed by atoms with E-state index in [0.29, 0.717) is 5.56 Å². The predicted octanol–water partition coefficient (Wildman–Crippen LogP) is 4.59. The molecular weight excluding hydrogens is 206 g/mol. The van der Waals surface area contributed by atoms with Gasteiger partial charge in [0, 0.05) is 6.08 Å². The summed E-state index contributed by atoms with van der Waals surface area (Å²) in [5, 5.41) is 0. The zero-order valence-corrected chi connectivity index (χ0v) is 8.53. The monoisotopic (exact) mass is 216 g/mol. The molecule has 0 radical (unpaired) electrons. The van der Waals surface area contributed by atoms with Gasteiger partial charge in [0.25, 0.3) is 6.08 Å². The largest absolute Gasteiger partial charge is 0.270 e. The summed E-state index contributed by atoms with van der Waals surface area (Å²) in [4.78, 5) is 0. The molecule has 0 saturated heterocycles.